The molecule has 0 aliphatic rings. The van der Waals surface area contributed by atoms with Crippen LogP contribution in [0.3, 0.4) is 0 Å². The Kier molecular flexibility index (Phi) is 4.17. The Labute approximate surface area is 117 Å². The van der Waals surface area contributed by atoms with Crippen molar-refractivity contribution in [3.63, 3.8) is 0 Å². The van der Waals surface area contributed by atoms with Crippen molar-refractivity contribution in [2.75, 3.05) is 5.32 Å². The van der Waals surface area contributed by atoms with Crippen molar-refractivity contribution < 1.29 is 9.18 Å². The lowest BCUT2D eigenvalue weighted by molar-refractivity contribution is -0.116. The Morgan fingerprint density at radius 2 is 2.15 bits per heavy atom. The van der Waals surface area contributed by atoms with E-state index in [1.165, 1.54) is 12.1 Å². The molecule has 1 atom stereocenters. The second kappa shape index (κ2) is 5.86. The van der Waals surface area contributed by atoms with Gasteiger partial charge in [-0.15, -0.1) is 0 Å². The van der Waals surface area contributed by atoms with Crippen LogP contribution in [0.15, 0.2) is 30.5 Å². The van der Waals surface area contributed by atoms with Crippen molar-refractivity contribution in [1.82, 2.24) is 9.78 Å². The van der Waals surface area contributed by atoms with Gasteiger partial charge in [0.2, 0.25) is 5.91 Å². The van der Waals surface area contributed by atoms with E-state index in [1.807, 2.05) is 26.1 Å². The molecule has 1 N–H and O–H groups in total. The summed E-state index contributed by atoms with van der Waals surface area (Å²) in [6.07, 6.45) is 2.17. The minimum Gasteiger partial charge on any atom is -0.326 e. The highest BCUT2D eigenvalue weighted by molar-refractivity contribution is 5.91. The molecule has 106 valence electrons. The number of amides is 1. The largest absolute Gasteiger partial charge is 0.326 e. The standard InChI is InChI=1S/C15H18FN3O/c1-10-8-13(16)4-5-14(10)17-15(20)9-12(3)19-7-6-11(2)18-19/h4-8,12H,9H2,1-3H3,(H,17,20). The van der Waals surface area contributed by atoms with Gasteiger partial charge in [0.05, 0.1) is 11.7 Å². The van der Waals surface area contributed by atoms with Crippen molar-refractivity contribution >= 4 is 11.6 Å². The quantitative estimate of drug-likeness (QED) is 0.931. The third-order valence-electron chi connectivity index (χ3n) is 3.14. The van der Waals surface area contributed by atoms with E-state index in [0.717, 1.165) is 5.69 Å². The van der Waals surface area contributed by atoms with Crippen molar-refractivity contribution in [2.24, 2.45) is 0 Å². The summed E-state index contributed by atoms with van der Waals surface area (Å²) < 4.78 is 14.8. The van der Waals surface area contributed by atoms with Gasteiger partial charge in [0.25, 0.3) is 0 Å². The molecule has 0 radical (unpaired) electrons. The normalized spacial score (nSPS) is 12.2. The molecule has 0 bridgehead atoms. The van der Waals surface area contributed by atoms with E-state index in [-0.39, 0.29) is 17.8 Å². The van der Waals surface area contributed by atoms with Crippen LogP contribution in [0.2, 0.25) is 0 Å². The highest BCUT2D eigenvalue weighted by atomic mass is 19.1. The lowest BCUT2D eigenvalue weighted by Crippen LogP contribution is -2.18. The predicted molar refractivity (Wildman–Crippen MR) is 76.1 cm³/mol. The van der Waals surface area contributed by atoms with E-state index in [0.29, 0.717) is 17.7 Å². The maximum absolute atomic E-state index is 13.0. The van der Waals surface area contributed by atoms with Gasteiger partial charge in [-0.2, -0.15) is 5.10 Å². The first-order valence-electron chi connectivity index (χ1n) is 6.53. The number of aryl methyl sites for hydroxylation is 2. The molecule has 20 heavy (non-hydrogen) atoms. The molecular formula is C15H18FN3O. The molecule has 0 aliphatic heterocycles. The van der Waals surface area contributed by atoms with Gasteiger partial charge in [-0.05, 0) is 50.6 Å². The number of aromatic nitrogens is 2. The van der Waals surface area contributed by atoms with Crippen molar-refractivity contribution in [3.8, 4) is 0 Å². The number of nitrogens with one attached hydrogen (secondary N) is 1. The van der Waals surface area contributed by atoms with Crippen molar-refractivity contribution in [2.45, 2.75) is 33.2 Å². The average molecular weight is 275 g/mol. The molecule has 1 aromatic heterocycles. The van der Waals surface area contributed by atoms with E-state index in [9.17, 15) is 9.18 Å². The number of carbonyl (C=O) groups excluding carboxylic acids is 1. The Bertz CT molecular complexity index is 621. The number of halogens is 1. The first-order valence-corrected chi connectivity index (χ1v) is 6.53. The molecule has 0 fully saturated rings. The average Bonchev–Trinajstić information content (AvgIpc) is 2.79. The van der Waals surface area contributed by atoms with Gasteiger partial charge in [0, 0.05) is 18.3 Å². The van der Waals surface area contributed by atoms with Gasteiger partial charge in [0.1, 0.15) is 5.82 Å². The first-order chi connectivity index (χ1) is 9.45. The van der Waals surface area contributed by atoms with Gasteiger partial charge >= 0.3 is 0 Å². The molecule has 1 unspecified atom stereocenters. The fourth-order valence-corrected chi connectivity index (χ4v) is 2.01. The van der Waals surface area contributed by atoms with Crippen molar-refractivity contribution in [3.05, 3.63) is 47.5 Å². The molecule has 0 saturated carbocycles. The summed E-state index contributed by atoms with van der Waals surface area (Å²) in [5, 5.41) is 7.09. The third-order valence-corrected chi connectivity index (χ3v) is 3.14. The first kappa shape index (κ1) is 14.2. The van der Waals surface area contributed by atoms with E-state index >= 15 is 0 Å². The van der Waals surface area contributed by atoms with Crippen LogP contribution in [0.1, 0.15) is 30.6 Å². The minimum absolute atomic E-state index is 0.0237. The van der Waals surface area contributed by atoms with Crippen LogP contribution in [0.25, 0.3) is 0 Å². The van der Waals surface area contributed by atoms with Crippen LogP contribution in [0, 0.1) is 19.7 Å². The SMILES string of the molecule is Cc1ccn(C(C)CC(=O)Nc2ccc(F)cc2C)n1. The fraction of sp³-hybridized carbons (Fsp3) is 0.333. The van der Waals surface area contributed by atoms with Crippen LogP contribution < -0.4 is 5.32 Å². The Balaban J connectivity index is 1.98. The zero-order valence-corrected chi connectivity index (χ0v) is 11.9. The zero-order valence-electron chi connectivity index (χ0n) is 11.9. The number of carbonyl (C=O) groups is 1. The maximum atomic E-state index is 13.0. The summed E-state index contributed by atoms with van der Waals surface area (Å²) in [6.45, 7) is 5.60. The number of hydrogen-bond donors (Lipinski definition) is 1. The monoisotopic (exact) mass is 275 g/mol. The Morgan fingerprint density at radius 1 is 1.40 bits per heavy atom. The van der Waals surface area contributed by atoms with Gasteiger partial charge in [0.15, 0.2) is 0 Å². The predicted octanol–water partition coefficient (Wildman–Crippen LogP) is 3.23. The number of nitrogens with zero attached hydrogens (tertiary/aromatic N) is 2. The smallest absolute Gasteiger partial charge is 0.226 e. The summed E-state index contributed by atoms with van der Waals surface area (Å²) in [7, 11) is 0. The summed E-state index contributed by atoms with van der Waals surface area (Å²) >= 11 is 0. The highest BCUT2D eigenvalue weighted by Crippen LogP contribution is 2.17. The summed E-state index contributed by atoms with van der Waals surface area (Å²) in [5.41, 5.74) is 2.27. The molecule has 2 aromatic rings. The van der Waals surface area contributed by atoms with E-state index in [2.05, 4.69) is 10.4 Å². The van der Waals surface area contributed by atoms with E-state index < -0.39 is 0 Å². The lowest BCUT2D eigenvalue weighted by atomic mass is 10.1. The number of anilines is 1. The highest BCUT2D eigenvalue weighted by Gasteiger charge is 2.12. The van der Waals surface area contributed by atoms with Gasteiger partial charge < -0.3 is 5.32 Å². The third kappa shape index (κ3) is 3.44. The molecule has 1 amide bonds. The van der Waals surface area contributed by atoms with Crippen LogP contribution in [-0.2, 0) is 4.79 Å². The zero-order chi connectivity index (χ0) is 14.7. The van der Waals surface area contributed by atoms with E-state index in [1.54, 1.807) is 17.7 Å². The number of hydrogen-bond acceptors (Lipinski definition) is 2. The molecule has 1 aromatic carbocycles. The molecule has 5 heteroatoms. The molecule has 0 saturated heterocycles. The second-order valence-electron chi connectivity index (χ2n) is 5.00. The molecular weight excluding hydrogens is 257 g/mol. The second-order valence-corrected chi connectivity index (χ2v) is 5.00. The summed E-state index contributed by atoms with van der Waals surface area (Å²) in [4.78, 5) is 12.0. The number of rotatable bonds is 4. The Hall–Kier alpha value is -2.17. The molecule has 0 aliphatic carbocycles. The Morgan fingerprint density at radius 3 is 2.75 bits per heavy atom. The van der Waals surface area contributed by atoms with Gasteiger partial charge in [-0.1, -0.05) is 0 Å². The molecule has 2 rings (SSSR count). The number of benzene rings is 1. The topological polar surface area (TPSA) is 46.9 Å². The van der Waals surface area contributed by atoms with Gasteiger partial charge in [-0.3, -0.25) is 9.48 Å². The van der Waals surface area contributed by atoms with Crippen LogP contribution in [-0.4, -0.2) is 15.7 Å². The maximum Gasteiger partial charge on any atom is 0.226 e. The van der Waals surface area contributed by atoms with Crippen LogP contribution in [0.4, 0.5) is 10.1 Å². The van der Waals surface area contributed by atoms with E-state index in [4.69, 9.17) is 0 Å². The van der Waals surface area contributed by atoms with Crippen molar-refractivity contribution in [1.29, 1.82) is 0 Å². The summed E-state index contributed by atoms with van der Waals surface area (Å²) in [5.74, 6) is -0.416. The fourth-order valence-electron chi connectivity index (χ4n) is 2.01. The molecule has 4 nitrogen and oxygen atoms in total. The minimum atomic E-state index is -0.305. The molecule has 1 heterocycles. The molecule has 0 spiro atoms. The van der Waals surface area contributed by atoms with Gasteiger partial charge in [-0.25, -0.2) is 4.39 Å². The van der Waals surface area contributed by atoms with Crippen LogP contribution >= 0.6 is 0 Å². The lowest BCUT2D eigenvalue weighted by Gasteiger charge is -2.13. The van der Waals surface area contributed by atoms with Crippen LogP contribution in [0.5, 0.6) is 0 Å². The summed E-state index contributed by atoms with van der Waals surface area (Å²) in [6, 6.07) is 6.19.